The third-order valence-electron chi connectivity index (χ3n) is 4.07. The van der Waals surface area contributed by atoms with Crippen molar-refractivity contribution in [3.63, 3.8) is 0 Å². The average Bonchev–Trinajstić information content (AvgIpc) is 2.63. The fourth-order valence-electron chi connectivity index (χ4n) is 2.85. The maximum Gasteiger partial charge on any atom is 0.259 e. The number of carbonyl (C=O) groups is 1. The van der Waals surface area contributed by atoms with Gasteiger partial charge in [-0.05, 0) is 23.8 Å². The highest BCUT2D eigenvalue weighted by atomic mass is 16.5. The van der Waals surface area contributed by atoms with Crippen LogP contribution in [0.1, 0.15) is 16.1 Å². The summed E-state index contributed by atoms with van der Waals surface area (Å²) in [4.78, 5) is 24.0. The maximum atomic E-state index is 12.5. The Bertz CT molecular complexity index is 1060. The van der Waals surface area contributed by atoms with Gasteiger partial charge in [0.15, 0.2) is 6.29 Å². The number of pyridine rings is 1. The number of nitrogens with zero attached hydrogens (tertiary/aromatic N) is 2. The van der Waals surface area contributed by atoms with Crippen LogP contribution >= 0.6 is 0 Å². The molecule has 0 bridgehead atoms. The summed E-state index contributed by atoms with van der Waals surface area (Å²) in [7, 11) is 3.09. The van der Waals surface area contributed by atoms with Crippen molar-refractivity contribution >= 4 is 17.1 Å². The first-order valence-corrected chi connectivity index (χ1v) is 7.27. The third kappa shape index (κ3) is 2.25. The lowest BCUT2D eigenvalue weighted by Gasteiger charge is -2.15. The molecule has 0 saturated carbocycles. The summed E-state index contributed by atoms with van der Waals surface area (Å²) in [6, 6.07) is 14.2. The van der Waals surface area contributed by atoms with Gasteiger partial charge in [0.05, 0.1) is 7.11 Å². The van der Waals surface area contributed by atoms with E-state index in [-0.39, 0.29) is 11.3 Å². The van der Waals surface area contributed by atoms with Crippen molar-refractivity contribution in [1.82, 2.24) is 4.57 Å². The fourth-order valence-corrected chi connectivity index (χ4v) is 2.85. The number of carbonyl (C=O) groups excluding carboxylic acids is 1. The van der Waals surface area contributed by atoms with Gasteiger partial charge in [-0.1, -0.05) is 24.3 Å². The molecule has 118 valence electrons. The minimum Gasteiger partial charge on any atom is -0.497 e. The summed E-state index contributed by atoms with van der Waals surface area (Å²) < 4.78 is 6.56. The van der Waals surface area contributed by atoms with E-state index in [0.717, 1.165) is 6.29 Å². The van der Waals surface area contributed by atoms with Gasteiger partial charge < -0.3 is 9.30 Å². The normalized spacial score (nSPS) is 10.4. The number of hydrogen-bond donors (Lipinski definition) is 0. The van der Waals surface area contributed by atoms with Crippen molar-refractivity contribution in [3.05, 3.63) is 64.1 Å². The predicted molar refractivity (Wildman–Crippen MR) is 91.3 cm³/mol. The molecule has 3 rings (SSSR count). The smallest absolute Gasteiger partial charge is 0.259 e. The Labute approximate surface area is 138 Å². The van der Waals surface area contributed by atoms with E-state index in [9.17, 15) is 14.9 Å². The Morgan fingerprint density at radius 3 is 2.58 bits per heavy atom. The first-order chi connectivity index (χ1) is 11.6. The van der Waals surface area contributed by atoms with Crippen molar-refractivity contribution < 1.29 is 9.53 Å². The number of ether oxygens (including phenoxy) is 1. The molecule has 0 N–H and O–H groups in total. The molecule has 0 aliphatic rings. The van der Waals surface area contributed by atoms with E-state index >= 15 is 0 Å². The zero-order valence-corrected chi connectivity index (χ0v) is 13.2. The second-order valence-corrected chi connectivity index (χ2v) is 5.32. The number of rotatable bonds is 3. The Kier molecular flexibility index (Phi) is 3.88. The minimum absolute atomic E-state index is 0.204. The first kappa shape index (κ1) is 15.5. The van der Waals surface area contributed by atoms with Crippen LogP contribution in [-0.2, 0) is 7.05 Å². The van der Waals surface area contributed by atoms with Gasteiger partial charge in [0.1, 0.15) is 17.5 Å². The van der Waals surface area contributed by atoms with Crippen molar-refractivity contribution in [2.45, 2.75) is 0 Å². The topological polar surface area (TPSA) is 72.1 Å². The van der Waals surface area contributed by atoms with E-state index in [1.54, 1.807) is 49.5 Å². The fraction of sp³-hybridized carbons (Fsp3) is 0.105. The van der Waals surface area contributed by atoms with E-state index in [4.69, 9.17) is 4.74 Å². The van der Waals surface area contributed by atoms with Crippen LogP contribution in [0.15, 0.2) is 47.3 Å². The second-order valence-electron chi connectivity index (χ2n) is 5.32. The molecule has 0 saturated heterocycles. The van der Waals surface area contributed by atoms with E-state index < -0.39 is 0 Å². The SMILES string of the molecule is COc1ccc2c(=O)n(C)c(C#N)c(-c3ccccc3C=O)c2c1. The Morgan fingerprint density at radius 1 is 1.17 bits per heavy atom. The van der Waals surface area contributed by atoms with Crippen molar-refractivity contribution in [2.24, 2.45) is 7.05 Å². The van der Waals surface area contributed by atoms with E-state index in [2.05, 4.69) is 6.07 Å². The lowest BCUT2D eigenvalue weighted by Crippen LogP contribution is -2.20. The molecule has 0 radical (unpaired) electrons. The molecular formula is C19H14N2O3. The lowest BCUT2D eigenvalue weighted by atomic mass is 9.94. The monoisotopic (exact) mass is 318 g/mol. The van der Waals surface area contributed by atoms with Gasteiger partial charge in [-0.15, -0.1) is 0 Å². The molecule has 0 spiro atoms. The molecule has 0 fully saturated rings. The number of benzene rings is 2. The summed E-state index contributed by atoms with van der Waals surface area (Å²) in [5, 5.41) is 10.7. The zero-order valence-electron chi connectivity index (χ0n) is 13.2. The van der Waals surface area contributed by atoms with Crippen LogP contribution in [0.3, 0.4) is 0 Å². The number of hydrogen-bond acceptors (Lipinski definition) is 4. The van der Waals surface area contributed by atoms with Crippen LogP contribution in [-0.4, -0.2) is 18.0 Å². The van der Waals surface area contributed by atoms with E-state index in [0.29, 0.717) is 33.2 Å². The summed E-state index contributed by atoms with van der Waals surface area (Å²) in [5.74, 6) is 0.574. The van der Waals surface area contributed by atoms with Gasteiger partial charge in [-0.25, -0.2) is 0 Å². The number of nitriles is 1. The van der Waals surface area contributed by atoms with Gasteiger partial charge in [0.25, 0.3) is 5.56 Å². The highest BCUT2D eigenvalue weighted by Crippen LogP contribution is 2.33. The molecule has 0 atom stereocenters. The van der Waals surface area contributed by atoms with Crippen molar-refractivity contribution in [3.8, 4) is 22.9 Å². The molecule has 0 unspecified atom stereocenters. The first-order valence-electron chi connectivity index (χ1n) is 7.27. The lowest BCUT2D eigenvalue weighted by molar-refractivity contribution is 0.112. The van der Waals surface area contributed by atoms with Crippen molar-refractivity contribution in [1.29, 1.82) is 5.26 Å². The van der Waals surface area contributed by atoms with Crippen LogP contribution in [0.5, 0.6) is 5.75 Å². The van der Waals surface area contributed by atoms with Gasteiger partial charge in [0.2, 0.25) is 0 Å². The highest BCUT2D eigenvalue weighted by Gasteiger charge is 2.18. The van der Waals surface area contributed by atoms with Crippen LogP contribution in [0.25, 0.3) is 21.9 Å². The predicted octanol–water partition coefficient (Wildman–Crippen LogP) is 2.90. The molecule has 5 heteroatoms. The largest absolute Gasteiger partial charge is 0.497 e. The van der Waals surface area contributed by atoms with E-state index in [1.807, 2.05) is 0 Å². The molecular weight excluding hydrogens is 304 g/mol. The molecule has 0 aliphatic heterocycles. The zero-order chi connectivity index (χ0) is 17.3. The molecule has 3 aromatic rings. The number of aldehydes is 1. The highest BCUT2D eigenvalue weighted by molar-refractivity contribution is 6.02. The summed E-state index contributed by atoms with van der Waals surface area (Å²) >= 11 is 0. The molecule has 0 amide bonds. The van der Waals surface area contributed by atoms with Crippen LogP contribution < -0.4 is 10.3 Å². The van der Waals surface area contributed by atoms with Gasteiger partial charge in [-0.3, -0.25) is 9.59 Å². The molecule has 0 aliphatic carbocycles. The average molecular weight is 318 g/mol. The number of methoxy groups -OCH3 is 1. The quantitative estimate of drug-likeness (QED) is 0.696. The van der Waals surface area contributed by atoms with Crippen LogP contribution in [0.4, 0.5) is 0 Å². The van der Waals surface area contributed by atoms with Crippen LogP contribution in [0, 0.1) is 11.3 Å². The van der Waals surface area contributed by atoms with E-state index in [1.165, 1.54) is 11.7 Å². The Hall–Kier alpha value is -3.39. The molecule has 1 aromatic heterocycles. The summed E-state index contributed by atoms with van der Waals surface area (Å²) in [6.07, 6.45) is 0.744. The van der Waals surface area contributed by atoms with Gasteiger partial charge in [-0.2, -0.15) is 5.26 Å². The van der Waals surface area contributed by atoms with Crippen LogP contribution in [0.2, 0.25) is 0 Å². The molecule has 24 heavy (non-hydrogen) atoms. The molecule has 1 heterocycles. The maximum absolute atomic E-state index is 12.5. The van der Waals surface area contributed by atoms with Gasteiger partial charge in [0, 0.05) is 28.9 Å². The second kappa shape index (κ2) is 6.01. The van der Waals surface area contributed by atoms with Crippen molar-refractivity contribution in [2.75, 3.05) is 7.11 Å². The van der Waals surface area contributed by atoms with Gasteiger partial charge >= 0.3 is 0 Å². The minimum atomic E-state index is -0.267. The Balaban J connectivity index is 2.58. The standard InChI is InChI=1S/C19H14N2O3/c1-21-17(10-20)18(14-6-4-3-5-12(14)11-22)16-9-13(24-2)7-8-15(16)19(21)23/h3-9,11H,1-2H3. The molecule has 5 nitrogen and oxygen atoms in total. The third-order valence-corrected chi connectivity index (χ3v) is 4.07. The summed E-state index contributed by atoms with van der Waals surface area (Å²) in [6.45, 7) is 0. The molecule has 2 aromatic carbocycles. The summed E-state index contributed by atoms with van der Waals surface area (Å²) in [5.41, 5.74) is 1.55. The number of fused-ring (bicyclic) bond motifs is 1. The Morgan fingerprint density at radius 2 is 1.92 bits per heavy atom. The number of aromatic nitrogens is 1.